The van der Waals surface area contributed by atoms with Gasteiger partial charge < -0.3 is 10.4 Å². The maximum absolute atomic E-state index is 10.1. The number of fused-ring (bicyclic) bond motifs is 1. The molecular formula is C19H24N2O. The Labute approximate surface area is 132 Å². The molecular weight excluding hydrogens is 272 g/mol. The fourth-order valence-corrected chi connectivity index (χ4v) is 3.36. The molecule has 1 fully saturated rings. The number of hydrogen-bond donors (Lipinski definition) is 2. The van der Waals surface area contributed by atoms with Crippen molar-refractivity contribution in [2.75, 3.05) is 26.2 Å². The zero-order valence-corrected chi connectivity index (χ0v) is 13.2. The van der Waals surface area contributed by atoms with Crippen molar-refractivity contribution in [2.24, 2.45) is 0 Å². The van der Waals surface area contributed by atoms with Gasteiger partial charge in [-0.3, -0.25) is 4.90 Å². The summed E-state index contributed by atoms with van der Waals surface area (Å²) in [5.41, 5.74) is 2.49. The van der Waals surface area contributed by atoms with Gasteiger partial charge in [0.15, 0.2) is 0 Å². The highest BCUT2D eigenvalue weighted by Gasteiger charge is 2.24. The van der Waals surface area contributed by atoms with E-state index in [0.717, 1.165) is 43.4 Å². The molecule has 0 bridgehead atoms. The number of nitrogens with one attached hydrogen (secondary N) is 1. The fraction of sp³-hybridized carbons (Fsp3) is 0.368. The molecule has 3 rings (SSSR count). The molecule has 2 aromatic carbocycles. The lowest BCUT2D eigenvalue weighted by Gasteiger charge is -2.36. The summed E-state index contributed by atoms with van der Waals surface area (Å²) in [6, 6.07) is 12.3. The van der Waals surface area contributed by atoms with Crippen molar-refractivity contribution >= 4 is 10.8 Å². The van der Waals surface area contributed by atoms with Gasteiger partial charge in [-0.2, -0.15) is 0 Å². The number of phenolic OH excluding ortho intramolecular Hbond substituents is 1. The van der Waals surface area contributed by atoms with Crippen LogP contribution in [-0.2, 0) is 0 Å². The van der Waals surface area contributed by atoms with Gasteiger partial charge in [0.2, 0.25) is 0 Å². The van der Waals surface area contributed by atoms with Crippen LogP contribution in [0.25, 0.3) is 10.8 Å². The molecule has 2 N–H and O–H groups in total. The highest BCUT2D eigenvalue weighted by molar-refractivity contribution is 5.91. The van der Waals surface area contributed by atoms with Crippen LogP contribution in [0.3, 0.4) is 0 Å². The van der Waals surface area contributed by atoms with Crippen LogP contribution in [-0.4, -0.2) is 36.2 Å². The molecule has 1 atom stereocenters. The second-order valence-electron chi connectivity index (χ2n) is 6.18. The molecule has 3 heteroatoms. The molecule has 22 heavy (non-hydrogen) atoms. The van der Waals surface area contributed by atoms with Crippen LogP contribution in [0.4, 0.5) is 0 Å². The van der Waals surface area contributed by atoms with Crippen LogP contribution in [0.2, 0.25) is 0 Å². The van der Waals surface area contributed by atoms with Crippen molar-refractivity contribution < 1.29 is 5.11 Å². The van der Waals surface area contributed by atoms with E-state index < -0.39 is 0 Å². The molecule has 116 valence electrons. The van der Waals surface area contributed by atoms with Crippen LogP contribution in [0.5, 0.6) is 5.75 Å². The molecule has 1 aliphatic rings. The normalized spacial score (nSPS) is 17.5. The first-order valence-corrected chi connectivity index (χ1v) is 7.96. The lowest BCUT2D eigenvalue weighted by molar-refractivity contribution is 0.173. The van der Waals surface area contributed by atoms with Crippen LogP contribution in [0, 0.1) is 0 Å². The summed E-state index contributed by atoms with van der Waals surface area (Å²) in [5, 5.41) is 15.6. The van der Waals surface area contributed by atoms with Gasteiger partial charge in [0, 0.05) is 37.6 Å². The molecule has 0 aliphatic carbocycles. The molecule has 0 aromatic heterocycles. The van der Waals surface area contributed by atoms with E-state index in [4.69, 9.17) is 0 Å². The predicted molar refractivity (Wildman–Crippen MR) is 92.2 cm³/mol. The molecule has 0 amide bonds. The van der Waals surface area contributed by atoms with E-state index in [0.29, 0.717) is 11.8 Å². The number of rotatable bonds is 4. The van der Waals surface area contributed by atoms with Gasteiger partial charge >= 0.3 is 0 Å². The number of hydrogen-bond acceptors (Lipinski definition) is 3. The van der Waals surface area contributed by atoms with Crippen LogP contribution in [0.15, 0.2) is 48.6 Å². The van der Waals surface area contributed by atoms with Gasteiger partial charge in [-0.15, -0.1) is 6.58 Å². The summed E-state index contributed by atoms with van der Waals surface area (Å²) < 4.78 is 0. The first-order valence-electron chi connectivity index (χ1n) is 7.96. The number of piperazine rings is 1. The zero-order chi connectivity index (χ0) is 15.5. The van der Waals surface area contributed by atoms with E-state index in [1.807, 2.05) is 24.3 Å². The standard InChI is InChI=1S/C19H24N2O/c1-14(2)13-18(21-11-9-20-10-12-21)16-7-8-19(22)17-6-4-3-5-15(16)17/h3-8,18,20,22H,1,9-13H2,2H3/t18-/m0/s1. The number of aromatic hydroxyl groups is 1. The maximum atomic E-state index is 10.1. The van der Waals surface area contributed by atoms with E-state index in [1.54, 1.807) is 0 Å². The average Bonchev–Trinajstić information content (AvgIpc) is 2.54. The van der Waals surface area contributed by atoms with Gasteiger partial charge in [0.25, 0.3) is 0 Å². The van der Waals surface area contributed by atoms with Crippen LogP contribution < -0.4 is 5.32 Å². The molecule has 1 saturated heterocycles. The van der Waals surface area contributed by atoms with E-state index in [2.05, 4.69) is 35.9 Å². The Kier molecular flexibility index (Phi) is 4.46. The van der Waals surface area contributed by atoms with Gasteiger partial charge in [-0.05, 0) is 30.4 Å². The van der Waals surface area contributed by atoms with E-state index in [-0.39, 0.29) is 0 Å². The van der Waals surface area contributed by atoms with E-state index in [1.165, 1.54) is 11.1 Å². The van der Waals surface area contributed by atoms with Crippen molar-refractivity contribution in [1.82, 2.24) is 10.2 Å². The lowest BCUT2D eigenvalue weighted by atomic mass is 9.93. The molecule has 1 aliphatic heterocycles. The Morgan fingerprint density at radius 1 is 1.18 bits per heavy atom. The Bertz CT molecular complexity index is 674. The van der Waals surface area contributed by atoms with Crippen molar-refractivity contribution in [2.45, 2.75) is 19.4 Å². The molecule has 2 aromatic rings. The summed E-state index contributed by atoms with van der Waals surface area (Å²) in [6.45, 7) is 10.4. The summed E-state index contributed by atoms with van der Waals surface area (Å²) in [5.74, 6) is 0.355. The number of benzene rings is 2. The Hall–Kier alpha value is -1.84. The summed E-state index contributed by atoms with van der Waals surface area (Å²) in [4.78, 5) is 2.53. The highest BCUT2D eigenvalue weighted by Crippen LogP contribution is 2.36. The molecule has 0 saturated carbocycles. The predicted octanol–water partition coefficient (Wildman–Crippen LogP) is 3.46. The third-order valence-electron chi connectivity index (χ3n) is 4.43. The highest BCUT2D eigenvalue weighted by atomic mass is 16.3. The van der Waals surface area contributed by atoms with Gasteiger partial charge in [-0.25, -0.2) is 0 Å². The van der Waals surface area contributed by atoms with Crippen molar-refractivity contribution in [3.63, 3.8) is 0 Å². The number of phenols is 1. The number of nitrogens with zero attached hydrogens (tertiary/aromatic N) is 1. The third kappa shape index (κ3) is 3.01. The van der Waals surface area contributed by atoms with E-state index >= 15 is 0 Å². The monoisotopic (exact) mass is 296 g/mol. The van der Waals surface area contributed by atoms with Gasteiger partial charge in [0.1, 0.15) is 5.75 Å². The van der Waals surface area contributed by atoms with Crippen LogP contribution in [0.1, 0.15) is 24.9 Å². The Balaban J connectivity index is 2.07. The Morgan fingerprint density at radius 2 is 1.86 bits per heavy atom. The molecule has 1 heterocycles. The quantitative estimate of drug-likeness (QED) is 0.848. The first kappa shape index (κ1) is 15.1. The first-order chi connectivity index (χ1) is 10.7. The largest absolute Gasteiger partial charge is 0.507 e. The minimum absolute atomic E-state index is 0.324. The second kappa shape index (κ2) is 6.51. The van der Waals surface area contributed by atoms with Crippen molar-refractivity contribution in [3.05, 3.63) is 54.1 Å². The topological polar surface area (TPSA) is 35.5 Å². The average molecular weight is 296 g/mol. The summed E-state index contributed by atoms with van der Waals surface area (Å²) >= 11 is 0. The lowest BCUT2D eigenvalue weighted by Crippen LogP contribution is -2.45. The molecule has 0 unspecified atom stereocenters. The smallest absolute Gasteiger partial charge is 0.123 e. The maximum Gasteiger partial charge on any atom is 0.123 e. The van der Waals surface area contributed by atoms with Crippen molar-refractivity contribution in [1.29, 1.82) is 0 Å². The second-order valence-corrected chi connectivity index (χ2v) is 6.18. The van der Waals surface area contributed by atoms with Crippen molar-refractivity contribution in [3.8, 4) is 5.75 Å². The zero-order valence-electron chi connectivity index (χ0n) is 13.2. The fourth-order valence-electron chi connectivity index (χ4n) is 3.36. The van der Waals surface area contributed by atoms with Gasteiger partial charge in [0.05, 0.1) is 0 Å². The molecule has 0 spiro atoms. The minimum Gasteiger partial charge on any atom is -0.507 e. The SMILES string of the molecule is C=C(C)C[C@@H](c1ccc(O)c2ccccc12)N1CCNCC1. The molecule has 0 radical (unpaired) electrons. The van der Waals surface area contributed by atoms with Gasteiger partial charge in [-0.1, -0.05) is 35.9 Å². The van der Waals surface area contributed by atoms with E-state index in [9.17, 15) is 5.11 Å². The third-order valence-corrected chi connectivity index (χ3v) is 4.43. The minimum atomic E-state index is 0.324. The summed E-state index contributed by atoms with van der Waals surface area (Å²) in [7, 11) is 0. The Morgan fingerprint density at radius 3 is 2.55 bits per heavy atom. The molecule has 3 nitrogen and oxygen atoms in total. The summed E-state index contributed by atoms with van der Waals surface area (Å²) in [6.07, 6.45) is 0.953. The van der Waals surface area contributed by atoms with Crippen LogP contribution >= 0.6 is 0 Å².